The molecule has 2 aliphatic heterocycles. The highest BCUT2D eigenvalue weighted by Crippen LogP contribution is 2.41. The van der Waals surface area contributed by atoms with Crippen LogP contribution < -0.4 is 31.6 Å². The highest BCUT2D eigenvalue weighted by Gasteiger charge is 2.29. The minimum atomic E-state index is -0.853. The molecule has 0 spiro atoms. The van der Waals surface area contributed by atoms with Crippen molar-refractivity contribution in [1.29, 1.82) is 0 Å². The Morgan fingerprint density at radius 1 is 0.518 bits per heavy atom. The first kappa shape index (κ1) is 34.5. The standard InChI is InChI=1S/C42H34N6O8/c1-41(2,3)55-39(51)47-29-17-25-35(21-31(29)45(37(47)49)23-13-9-7-10-14-23)53-33-20-28-34(19-27(33)43-25)54-36-22-32-30(18-26(36)44-28)48(40(52)56-42(4,5)6)38(50)46(32)24-15-11-8-12-16-24/h7-22H,1-6H3. The van der Waals surface area contributed by atoms with Gasteiger partial charge in [0.15, 0.2) is 23.0 Å². The lowest BCUT2D eigenvalue weighted by atomic mass is 10.2. The summed E-state index contributed by atoms with van der Waals surface area (Å²) in [6.07, 6.45) is -1.65. The minimum absolute atomic E-state index is 0.285. The maximum Gasteiger partial charge on any atom is 0.423 e. The molecule has 0 radical (unpaired) electrons. The molecule has 14 nitrogen and oxygen atoms in total. The van der Waals surface area contributed by atoms with Gasteiger partial charge in [-0.05, 0) is 77.9 Å². The van der Waals surface area contributed by atoms with E-state index in [2.05, 4.69) is 0 Å². The number of imidazole rings is 2. The highest BCUT2D eigenvalue weighted by atomic mass is 16.6. The SMILES string of the molecule is CC(C)(C)OC(=O)n1c(=O)n(-c2ccccc2)c2cc3c(cc21)N=c1cc2c(cc1O3)=Nc1cc3c(cc1O2)n(-c1ccccc1)c(=O)n3C(=O)OC(C)(C)C. The minimum Gasteiger partial charge on any atom is -0.453 e. The Hall–Kier alpha value is -7.22. The van der Waals surface area contributed by atoms with E-state index >= 15 is 0 Å². The average molecular weight is 751 g/mol. The molecule has 0 bridgehead atoms. The number of ether oxygens (including phenoxy) is 4. The van der Waals surface area contributed by atoms with E-state index in [1.54, 1.807) is 126 Å². The fourth-order valence-corrected chi connectivity index (χ4v) is 6.75. The Morgan fingerprint density at radius 2 is 0.893 bits per heavy atom. The fraction of sp³-hybridized carbons (Fsp3) is 0.190. The monoisotopic (exact) mass is 750 g/mol. The molecule has 0 amide bonds. The summed E-state index contributed by atoms with van der Waals surface area (Å²) in [5, 5.41) is 0.836. The van der Waals surface area contributed by atoms with Gasteiger partial charge in [0, 0.05) is 24.3 Å². The van der Waals surface area contributed by atoms with Crippen LogP contribution in [0, 0.1) is 0 Å². The van der Waals surface area contributed by atoms with Crippen molar-refractivity contribution >= 4 is 45.6 Å². The molecule has 0 saturated heterocycles. The number of hydrogen-bond donors (Lipinski definition) is 0. The van der Waals surface area contributed by atoms with E-state index in [-0.39, 0.29) is 11.0 Å². The Bertz CT molecular complexity index is 2860. The second kappa shape index (κ2) is 12.1. The molecule has 0 atom stereocenters. The van der Waals surface area contributed by atoms with Gasteiger partial charge in [0.2, 0.25) is 0 Å². The van der Waals surface area contributed by atoms with Crippen LogP contribution in [0.15, 0.2) is 117 Å². The first-order valence-corrected chi connectivity index (χ1v) is 17.8. The van der Waals surface area contributed by atoms with Gasteiger partial charge in [-0.1, -0.05) is 36.4 Å². The van der Waals surface area contributed by atoms with Crippen molar-refractivity contribution < 1.29 is 28.5 Å². The largest absolute Gasteiger partial charge is 0.453 e. The molecule has 0 saturated carbocycles. The lowest BCUT2D eigenvalue weighted by Crippen LogP contribution is -2.34. The average Bonchev–Trinajstić information content (AvgIpc) is 3.57. The molecule has 0 N–H and O–H groups in total. The second-order valence-electron chi connectivity index (χ2n) is 15.4. The number of benzene rings is 5. The van der Waals surface area contributed by atoms with E-state index in [9.17, 15) is 19.2 Å². The van der Waals surface area contributed by atoms with Gasteiger partial charge in [-0.15, -0.1) is 0 Å². The van der Waals surface area contributed by atoms with Crippen LogP contribution in [0.3, 0.4) is 0 Å². The van der Waals surface area contributed by atoms with E-state index in [4.69, 9.17) is 28.9 Å². The number of para-hydroxylation sites is 2. The van der Waals surface area contributed by atoms with Gasteiger partial charge in [-0.3, -0.25) is 9.13 Å². The molecule has 5 aromatic carbocycles. The van der Waals surface area contributed by atoms with E-state index in [0.29, 0.717) is 67.5 Å². The van der Waals surface area contributed by atoms with Crippen LogP contribution in [-0.2, 0) is 9.47 Å². The number of fused-ring (bicyclic) bond motifs is 6. The molecular formula is C42H34N6O8. The first-order chi connectivity index (χ1) is 26.6. The predicted molar refractivity (Wildman–Crippen MR) is 207 cm³/mol. The Balaban J connectivity index is 1.19. The molecule has 0 fully saturated rings. The summed E-state index contributed by atoms with van der Waals surface area (Å²) in [5.41, 5.74) is 0.311. The van der Waals surface area contributed by atoms with Crippen molar-refractivity contribution in [2.45, 2.75) is 52.7 Å². The van der Waals surface area contributed by atoms with E-state index in [1.807, 2.05) is 12.1 Å². The van der Waals surface area contributed by atoms with Crippen LogP contribution in [0.4, 0.5) is 21.0 Å². The van der Waals surface area contributed by atoms with Gasteiger partial charge >= 0.3 is 23.6 Å². The normalized spacial score (nSPS) is 13.0. The summed E-state index contributed by atoms with van der Waals surface area (Å²) in [6.45, 7) is 10.4. The second-order valence-corrected chi connectivity index (χ2v) is 15.4. The molecule has 14 heteroatoms. The Kier molecular flexibility index (Phi) is 7.49. The van der Waals surface area contributed by atoms with Crippen LogP contribution in [0.5, 0.6) is 23.0 Å². The van der Waals surface area contributed by atoms with E-state index in [1.165, 1.54) is 9.13 Å². The number of hydrogen-bond acceptors (Lipinski definition) is 10. The van der Waals surface area contributed by atoms with Gasteiger partial charge in [-0.2, -0.15) is 9.13 Å². The van der Waals surface area contributed by atoms with Crippen molar-refractivity contribution in [2.24, 2.45) is 9.98 Å². The Labute approximate surface area is 317 Å². The molecular weight excluding hydrogens is 716 g/mol. The van der Waals surface area contributed by atoms with Gasteiger partial charge in [0.25, 0.3) is 0 Å². The van der Waals surface area contributed by atoms with Gasteiger partial charge < -0.3 is 18.9 Å². The summed E-state index contributed by atoms with van der Waals surface area (Å²) in [4.78, 5) is 64.4. The van der Waals surface area contributed by atoms with E-state index < -0.39 is 34.8 Å². The first-order valence-electron chi connectivity index (χ1n) is 17.8. The molecule has 9 rings (SSSR count). The van der Waals surface area contributed by atoms with Crippen LogP contribution in [0.25, 0.3) is 33.4 Å². The van der Waals surface area contributed by atoms with Crippen molar-refractivity contribution in [3.05, 3.63) is 129 Å². The third-order valence-electron chi connectivity index (χ3n) is 8.98. The topological polar surface area (TPSA) is 150 Å². The summed E-state index contributed by atoms with van der Waals surface area (Å²) in [5.74, 6) is 1.43. The van der Waals surface area contributed by atoms with Crippen LogP contribution in [0.2, 0.25) is 0 Å². The number of carbonyl (C=O) groups excluding carboxylic acids is 2. The lowest BCUT2D eigenvalue weighted by molar-refractivity contribution is 0.0526. The number of aromatic nitrogens is 4. The maximum absolute atomic E-state index is 13.9. The number of rotatable bonds is 2. The highest BCUT2D eigenvalue weighted by molar-refractivity contribution is 5.93. The number of nitrogens with zero attached hydrogens (tertiary/aromatic N) is 6. The third kappa shape index (κ3) is 5.73. The molecule has 2 aromatic heterocycles. The van der Waals surface area contributed by atoms with Gasteiger partial charge in [0.05, 0.1) is 33.4 Å². The van der Waals surface area contributed by atoms with Crippen molar-refractivity contribution in [3.63, 3.8) is 0 Å². The van der Waals surface area contributed by atoms with Crippen LogP contribution in [0.1, 0.15) is 41.5 Å². The van der Waals surface area contributed by atoms with Crippen LogP contribution >= 0.6 is 0 Å². The summed E-state index contributed by atoms with van der Waals surface area (Å²) >= 11 is 0. The van der Waals surface area contributed by atoms with Gasteiger partial charge in [-0.25, -0.2) is 29.2 Å². The van der Waals surface area contributed by atoms with Crippen molar-refractivity contribution in [2.75, 3.05) is 0 Å². The fourth-order valence-electron chi connectivity index (χ4n) is 6.75. The molecule has 4 heterocycles. The summed E-state index contributed by atoms with van der Waals surface area (Å²) in [7, 11) is 0. The molecule has 0 unspecified atom stereocenters. The van der Waals surface area contributed by atoms with Crippen molar-refractivity contribution in [1.82, 2.24) is 18.3 Å². The summed E-state index contributed by atoms with van der Waals surface area (Å²) in [6, 6.07) is 27.9. The van der Waals surface area contributed by atoms with Gasteiger partial charge in [0.1, 0.15) is 33.3 Å². The maximum atomic E-state index is 13.9. The lowest BCUT2D eigenvalue weighted by Gasteiger charge is -2.20. The molecule has 7 aromatic rings. The van der Waals surface area contributed by atoms with E-state index in [0.717, 1.165) is 9.13 Å². The summed E-state index contributed by atoms with van der Waals surface area (Å²) < 4.78 is 28.9. The smallest absolute Gasteiger partial charge is 0.423 e. The number of carbonyl (C=O) groups is 2. The zero-order valence-electron chi connectivity index (χ0n) is 31.2. The molecule has 2 aliphatic rings. The zero-order chi connectivity index (χ0) is 39.3. The molecule has 56 heavy (non-hydrogen) atoms. The predicted octanol–water partition coefficient (Wildman–Crippen LogP) is 7.58. The Morgan fingerprint density at radius 3 is 1.25 bits per heavy atom. The molecule has 0 aliphatic carbocycles. The van der Waals surface area contributed by atoms with Crippen LogP contribution in [-0.4, -0.2) is 41.7 Å². The van der Waals surface area contributed by atoms with Crippen molar-refractivity contribution in [3.8, 4) is 34.4 Å². The molecule has 280 valence electrons. The zero-order valence-corrected chi connectivity index (χ0v) is 31.2. The third-order valence-corrected chi connectivity index (χ3v) is 8.98. The quantitative estimate of drug-likeness (QED) is 0.176.